The van der Waals surface area contributed by atoms with Crippen molar-refractivity contribution in [3.05, 3.63) is 30.1 Å². The molecule has 0 unspecified atom stereocenters. The van der Waals surface area contributed by atoms with Crippen LogP contribution < -0.4 is 15.5 Å². The van der Waals surface area contributed by atoms with Crippen LogP contribution in [0, 0.1) is 5.41 Å². The predicted octanol–water partition coefficient (Wildman–Crippen LogP) is 5.21. The highest BCUT2D eigenvalue weighted by Gasteiger charge is 2.41. The second-order valence-corrected chi connectivity index (χ2v) is 10.6. The first-order valence-corrected chi connectivity index (χ1v) is 14.5. The monoisotopic (exact) mass is 567 g/mol. The van der Waals surface area contributed by atoms with Gasteiger partial charge in [0.05, 0.1) is 28.0 Å². The number of ether oxygens (including phenoxy) is 1. The molecule has 0 bridgehead atoms. The largest absolute Gasteiger partial charge is 0.466 e. The second-order valence-electron chi connectivity index (χ2n) is 9.56. The molecule has 11 nitrogen and oxygen atoms in total. The smallest absolute Gasteiger partial charge is 0.321 e. The molecule has 1 saturated heterocycles. The van der Waals surface area contributed by atoms with E-state index in [1.54, 1.807) is 12.4 Å². The third-order valence-electron chi connectivity index (χ3n) is 7.26. The molecule has 1 aliphatic heterocycles. The van der Waals surface area contributed by atoms with E-state index < -0.39 is 5.41 Å². The molecule has 2 aromatic heterocycles. The van der Waals surface area contributed by atoms with Crippen molar-refractivity contribution < 1.29 is 19.2 Å². The average Bonchev–Trinajstić information content (AvgIpc) is 3.38. The minimum Gasteiger partial charge on any atom is -0.466 e. The zero-order chi connectivity index (χ0) is 28.7. The molecule has 3 aromatic rings. The highest BCUT2D eigenvalue weighted by Crippen LogP contribution is 2.38. The van der Waals surface area contributed by atoms with Gasteiger partial charge in [0.25, 0.3) is 0 Å². The van der Waals surface area contributed by atoms with Crippen LogP contribution in [0.25, 0.3) is 21.3 Å². The number of benzene rings is 1. The molecule has 0 radical (unpaired) electrons. The van der Waals surface area contributed by atoms with Crippen molar-refractivity contribution in [2.24, 2.45) is 10.6 Å². The van der Waals surface area contributed by atoms with Crippen molar-refractivity contribution in [2.75, 3.05) is 43.6 Å². The molecule has 1 aliphatic rings. The number of thiazole rings is 1. The van der Waals surface area contributed by atoms with Crippen molar-refractivity contribution in [2.45, 2.75) is 53.4 Å². The molecule has 1 aromatic carbocycles. The number of nitrogens with zero attached hydrogens (tertiary/aromatic N) is 5. The Hall–Kier alpha value is -3.80. The Kier molecular flexibility index (Phi) is 9.51. The summed E-state index contributed by atoms with van der Waals surface area (Å²) in [5.74, 6) is 0.533. The summed E-state index contributed by atoms with van der Waals surface area (Å²) in [4.78, 5) is 45.9. The molecule has 3 heterocycles. The van der Waals surface area contributed by atoms with Crippen LogP contribution in [0.2, 0.25) is 0 Å². The summed E-state index contributed by atoms with van der Waals surface area (Å²) in [6, 6.07) is 3.70. The third-order valence-corrected chi connectivity index (χ3v) is 8.28. The zero-order valence-corrected chi connectivity index (χ0v) is 24.6. The van der Waals surface area contributed by atoms with Crippen LogP contribution in [-0.2, 0) is 14.4 Å². The number of fused-ring (bicyclic) bond motifs is 1. The fourth-order valence-electron chi connectivity index (χ4n) is 4.94. The summed E-state index contributed by atoms with van der Waals surface area (Å²) in [5.41, 5.74) is 3.67. The molecule has 2 N–H and O–H groups in total. The second kappa shape index (κ2) is 13.0. The Bertz CT molecular complexity index is 1360. The molecule has 1 fully saturated rings. The highest BCUT2D eigenvalue weighted by atomic mass is 32.1. The topological polar surface area (TPSA) is 131 Å². The summed E-state index contributed by atoms with van der Waals surface area (Å²) >= 11 is 1.39. The number of nitrogens with one attached hydrogen (secondary N) is 2. The van der Waals surface area contributed by atoms with Crippen molar-refractivity contribution in [1.29, 1.82) is 0 Å². The molecule has 0 saturated carbocycles. The van der Waals surface area contributed by atoms with E-state index in [4.69, 9.17) is 9.57 Å². The van der Waals surface area contributed by atoms with Gasteiger partial charge in [0.1, 0.15) is 7.11 Å². The van der Waals surface area contributed by atoms with Crippen LogP contribution in [0.3, 0.4) is 0 Å². The van der Waals surface area contributed by atoms with Gasteiger partial charge in [-0.05, 0) is 57.2 Å². The van der Waals surface area contributed by atoms with Gasteiger partial charge >= 0.3 is 12.0 Å². The van der Waals surface area contributed by atoms with Gasteiger partial charge in [-0.3, -0.25) is 10.1 Å². The number of urea groups is 1. The lowest BCUT2D eigenvalue weighted by Gasteiger charge is -2.39. The number of esters is 1. The molecule has 0 atom stereocenters. The maximum absolute atomic E-state index is 12.6. The Morgan fingerprint density at radius 3 is 2.42 bits per heavy atom. The van der Waals surface area contributed by atoms with Crippen molar-refractivity contribution in [3.8, 4) is 11.1 Å². The molecule has 214 valence electrons. The first kappa shape index (κ1) is 29.2. The van der Waals surface area contributed by atoms with Gasteiger partial charge < -0.3 is 19.8 Å². The molecule has 2 amide bonds. The number of amides is 2. The lowest BCUT2D eigenvalue weighted by molar-refractivity contribution is -0.157. The van der Waals surface area contributed by atoms with Crippen LogP contribution in [0.5, 0.6) is 0 Å². The van der Waals surface area contributed by atoms with E-state index in [1.165, 1.54) is 18.4 Å². The minimum atomic E-state index is -0.433. The van der Waals surface area contributed by atoms with E-state index in [9.17, 15) is 9.59 Å². The van der Waals surface area contributed by atoms with E-state index in [0.717, 1.165) is 39.0 Å². The lowest BCUT2D eigenvalue weighted by Crippen LogP contribution is -2.45. The standard InChI is InChI=1S/C28H37N7O4S/c1-6-21(34-38-5)20-14-18(15-22-23(20)40-27(32-22)33-26(37)29-8-3)19-16-30-25(31-17-19)35-12-10-28(7-2,11-13-35)24(36)39-9-4/h14-17H,6-13H2,1-5H3,(H2,29,32,33,37). The number of hydrogen-bond acceptors (Lipinski definition) is 10. The molecular weight excluding hydrogens is 530 g/mol. The SMILES string of the molecule is CCNC(=O)Nc1nc2cc(-c3cnc(N4CCC(CC)(C(=O)OCC)CC4)nc3)cc(C(CC)=NOC)c2s1. The molecule has 0 aliphatic carbocycles. The van der Waals surface area contributed by atoms with Crippen LogP contribution in [0.4, 0.5) is 15.9 Å². The summed E-state index contributed by atoms with van der Waals surface area (Å²) in [5, 5.41) is 10.3. The Labute approximate surface area is 238 Å². The number of hydrogen-bond donors (Lipinski definition) is 2. The first-order chi connectivity index (χ1) is 19.4. The number of carbonyl (C=O) groups excluding carboxylic acids is 2. The maximum Gasteiger partial charge on any atom is 0.321 e. The van der Waals surface area contributed by atoms with E-state index in [-0.39, 0.29) is 12.0 Å². The van der Waals surface area contributed by atoms with Gasteiger partial charge in [0, 0.05) is 43.2 Å². The van der Waals surface area contributed by atoms with Crippen molar-refractivity contribution >= 4 is 50.3 Å². The minimum absolute atomic E-state index is 0.102. The number of oxime groups is 1. The van der Waals surface area contributed by atoms with Gasteiger partial charge in [-0.25, -0.2) is 19.7 Å². The summed E-state index contributed by atoms with van der Waals surface area (Å²) in [6.07, 6.45) is 6.44. The van der Waals surface area contributed by atoms with Crippen LogP contribution in [-0.4, -0.2) is 66.0 Å². The number of piperidine rings is 1. The lowest BCUT2D eigenvalue weighted by atomic mass is 9.76. The van der Waals surface area contributed by atoms with E-state index >= 15 is 0 Å². The molecule has 4 rings (SSSR count). The Morgan fingerprint density at radius 2 is 1.82 bits per heavy atom. The fourth-order valence-corrected chi connectivity index (χ4v) is 5.91. The maximum atomic E-state index is 12.6. The van der Waals surface area contributed by atoms with Gasteiger partial charge in [0.2, 0.25) is 5.95 Å². The first-order valence-electron chi connectivity index (χ1n) is 13.7. The van der Waals surface area contributed by atoms with Crippen LogP contribution >= 0.6 is 11.3 Å². The number of rotatable bonds is 10. The predicted molar refractivity (Wildman–Crippen MR) is 158 cm³/mol. The van der Waals surface area contributed by atoms with Crippen LogP contribution in [0.1, 0.15) is 58.9 Å². The molecule has 40 heavy (non-hydrogen) atoms. The normalized spacial score (nSPS) is 15.1. The quantitative estimate of drug-likeness (QED) is 0.194. The Balaban J connectivity index is 1.61. The fraction of sp³-hybridized carbons (Fsp3) is 0.500. The van der Waals surface area contributed by atoms with E-state index in [2.05, 4.69) is 35.6 Å². The van der Waals surface area contributed by atoms with Crippen LogP contribution in [0.15, 0.2) is 29.7 Å². The van der Waals surface area contributed by atoms with Gasteiger partial charge in [0.15, 0.2) is 5.13 Å². The average molecular weight is 568 g/mol. The zero-order valence-electron chi connectivity index (χ0n) is 23.7. The Morgan fingerprint density at radius 1 is 1.10 bits per heavy atom. The van der Waals surface area contributed by atoms with Crippen molar-refractivity contribution in [1.82, 2.24) is 20.3 Å². The third kappa shape index (κ3) is 6.16. The summed E-state index contributed by atoms with van der Waals surface area (Å²) < 4.78 is 6.26. The van der Waals surface area contributed by atoms with Crippen molar-refractivity contribution in [3.63, 3.8) is 0 Å². The number of aromatic nitrogens is 3. The van der Waals surface area contributed by atoms with Gasteiger partial charge in [-0.2, -0.15) is 0 Å². The number of anilines is 2. The van der Waals surface area contributed by atoms with E-state index in [0.29, 0.717) is 56.6 Å². The van der Waals surface area contributed by atoms with Gasteiger partial charge in [-0.15, -0.1) is 0 Å². The number of carbonyl (C=O) groups is 2. The highest BCUT2D eigenvalue weighted by molar-refractivity contribution is 7.22. The molecule has 0 spiro atoms. The molecular formula is C28H37N7O4S. The van der Waals surface area contributed by atoms with Gasteiger partial charge in [-0.1, -0.05) is 30.3 Å². The summed E-state index contributed by atoms with van der Waals surface area (Å²) in [7, 11) is 1.52. The summed E-state index contributed by atoms with van der Waals surface area (Å²) in [6.45, 7) is 10.1. The van der Waals surface area contributed by atoms with E-state index in [1.807, 2.05) is 39.8 Å². The molecule has 12 heteroatoms.